The van der Waals surface area contributed by atoms with Crippen molar-refractivity contribution in [1.29, 1.82) is 0 Å². The second kappa shape index (κ2) is 5.70. The highest BCUT2D eigenvalue weighted by molar-refractivity contribution is 6.31. The van der Waals surface area contributed by atoms with Crippen LogP contribution in [0.2, 0.25) is 5.02 Å². The van der Waals surface area contributed by atoms with Crippen LogP contribution in [0.5, 0.6) is 5.75 Å². The van der Waals surface area contributed by atoms with Gasteiger partial charge in [-0.25, -0.2) is 0 Å². The number of halogens is 1. The van der Waals surface area contributed by atoms with Crippen molar-refractivity contribution < 1.29 is 4.74 Å². The summed E-state index contributed by atoms with van der Waals surface area (Å²) in [4.78, 5) is 0. The smallest absolute Gasteiger partial charge is 0.130 e. The van der Waals surface area contributed by atoms with Crippen molar-refractivity contribution in [3.8, 4) is 16.9 Å². The summed E-state index contributed by atoms with van der Waals surface area (Å²) in [6, 6.07) is 10.5. The highest BCUT2D eigenvalue weighted by atomic mass is 35.5. The zero-order chi connectivity index (χ0) is 15.0. The lowest BCUT2D eigenvalue weighted by molar-refractivity contribution is 0.225. The van der Waals surface area contributed by atoms with Crippen molar-refractivity contribution in [3.63, 3.8) is 0 Å². The molecule has 110 valence electrons. The highest BCUT2D eigenvalue weighted by Crippen LogP contribution is 2.42. The topological polar surface area (TPSA) is 35.2 Å². The highest BCUT2D eigenvalue weighted by Gasteiger charge is 2.26. The number of hydrogen-bond donors (Lipinski definition) is 1. The molecule has 0 aliphatic carbocycles. The quantitative estimate of drug-likeness (QED) is 0.918. The van der Waals surface area contributed by atoms with Gasteiger partial charge in [-0.15, -0.1) is 0 Å². The molecule has 0 saturated carbocycles. The molecule has 0 spiro atoms. The zero-order valence-electron chi connectivity index (χ0n) is 12.4. The summed E-state index contributed by atoms with van der Waals surface area (Å²) in [5.74, 6) is 0.975. The van der Waals surface area contributed by atoms with E-state index < -0.39 is 0 Å². The van der Waals surface area contributed by atoms with Gasteiger partial charge in [0.1, 0.15) is 11.9 Å². The number of fused-ring (bicyclic) bond motifs is 1. The second-order valence-electron chi connectivity index (χ2n) is 5.84. The van der Waals surface area contributed by atoms with Gasteiger partial charge in [-0.3, -0.25) is 0 Å². The molecule has 2 aromatic rings. The van der Waals surface area contributed by atoms with Gasteiger partial charge in [-0.1, -0.05) is 40.9 Å². The average Bonchev–Trinajstić information content (AvgIpc) is 2.79. The third-order valence-corrected chi connectivity index (χ3v) is 4.10. The summed E-state index contributed by atoms with van der Waals surface area (Å²) < 4.78 is 6.13. The molecule has 1 atom stereocenters. The van der Waals surface area contributed by atoms with Gasteiger partial charge < -0.3 is 10.5 Å². The number of aryl methyl sites for hydroxylation is 2. The summed E-state index contributed by atoms with van der Waals surface area (Å²) in [5.41, 5.74) is 11.6. The van der Waals surface area contributed by atoms with E-state index in [9.17, 15) is 0 Å². The molecule has 2 N–H and O–H groups in total. The molecular weight excluding hydrogens is 282 g/mol. The summed E-state index contributed by atoms with van der Waals surface area (Å²) in [6.45, 7) is 4.87. The summed E-state index contributed by atoms with van der Waals surface area (Å²) >= 11 is 6.30. The molecule has 1 aliphatic heterocycles. The normalized spacial score (nSPS) is 16.7. The van der Waals surface area contributed by atoms with Crippen LogP contribution in [-0.4, -0.2) is 12.6 Å². The van der Waals surface area contributed by atoms with E-state index in [0.717, 1.165) is 29.2 Å². The maximum atomic E-state index is 6.30. The molecule has 21 heavy (non-hydrogen) atoms. The van der Waals surface area contributed by atoms with Gasteiger partial charge in [-0.2, -0.15) is 0 Å². The monoisotopic (exact) mass is 301 g/mol. The minimum absolute atomic E-state index is 0.174. The van der Waals surface area contributed by atoms with Crippen molar-refractivity contribution in [2.75, 3.05) is 6.54 Å². The van der Waals surface area contributed by atoms with Crippen LogP contribution in [0.1, 0.15) is 23.1 Å². The van der Waals surface area contributed by atoms with Crippen molar-refractivity contribution in [3.05, 3.63) is 52.0 Å². The molecule has 0 bridgehead atoms. The molecule has 2 nitrogen and oxygen atoms in total. The molecular formula is C18H20ClNO. The second-order valence-corrected chi connectivity index (χ2v) is 6.28. The fourth-order valence-corrected chi connectivity index (χ4v) is 3.33. The van der Waals surface area contributed by atoms with E-state index in [0.29, 0.717) is 6.54 Å². The van der Waals surface area contributed by atoms with Gasteiger partial charge in [0.2, 0.25) is 0 Å². The van der Waals surface area contributed by atoms with Crippen molar-refractivity contribution >= 4 is 11.6 Å². The molecule has 3 rings (SSSR count). The molecule has 3 heteroatoms. The van der Waals surface area contributed by atoms with E-state index in [2.05, 4.69) is 32.0 Å². The first-order valence-electron chi connectivity index (χ1n) is 7.34. The maximum absolute atomic E-state index is 6.30. The minimum atomic E-state index is 0.174. The van der Waals surface area contributed by atoms with Gasteiger partial charge in [-0.05, 0) is 50.1 Å². The van der Waals surface area contributed by atoms with Crippen LogP contribution in [0.3, 0.4) is 0 Å². The first-order chi connectivity index (χ1) is 10.1. The van der Waals surface area contributed by atoms with E-state index in [-0.39, 0.29) is 6.10 Å². The van der Waals surface area contributed by atoms with E-state index in [4.69, 9.17) is 22.1 Å². The van der Waals surface area contributed by atoms with Crippen molar-refractivity contribution in [2.24, 2.45) is 5.73 Å². The molecule has 1 unspecified atom stereocenters. The van der Waals surface area contributed by atoms with Gasteiger partial charge in [0, 0.05) is 17.0 Å². The number of rotatable bonds is 3. The minimum Gasteiger partial charge on any atom is -0.489 e. The van der Waals surface area contributed by atoms with Gasteiger partial charge in [0.05, 0.1) is 0 Å². The molecule has 0 aromatic heterocycles. The third-order valence-electron chi connectivity index (χ3n) is 3.88. The predicted molar refractivity (Wildman–Crippen MR) is 88.2 cm³/mol. The lowest BCUT2D eigenvalue weighted by atomic mass is 9.97. The van der Waals surface area contributed by atoms with Gasteiger partial charge in [0.25, 0.3) is 0 Å². The molecule has 2 aromatic carbocycles. The summed E-state index contributed by atoms with van der Waals surface area (Å²) in [5, 5.41) is 0.764. The van der Waals surface area contributed by atoms with Crippen molar-refractivity contribution in [1.82, 2.24) is 0 Å². The van der Waals surface area contributed by atoms with Crippen LogP contribution >= 0.6 is 11.6 Å². The molecule has 1 aliphatic rings. The lowest BCUT2D eigenvalue weighted by Crippen LogP contribution is -2.17. The number of ether oxygens (including phenoxy) is 1. The van der Waals surface area contributed by atoms with Crippen LogP contribution in [0.15, 0.2) is 30.3 Å². The first-order valence-corrected chi connectivity index (χ1v) is 7.72. The molecule has 0 saturated heterocycles. The third kappa shape index (κ3) is 2.92. The Bertz CT molecular complexity index is 661. The van der Waals surface area contributed by atoms with E-state index in [1.54, 1.807) is 0 Å². The Hall–Kier alpha value is -1.51. The Kier molecular flexibility index (Phi) is 3.92. The first kappa shape index (κ1) is 14.4. The molecule has 0 radical (unpaired) electrons. The summed E-state index contributed by atoms with van der Waals surface area (Å²) in [6.07, 6.45) is 1.94. The SMILES string of the molecule is Cc1cc(C)cc(-c2cc(Cl)cc3c2OC(CCN)C3)c1. The van der Waals surface area contributed by atoms with Crippen LogP contribution in [0.4, 0.5) is 0 Å². The molecule has 1 heterocycles. The fourth-order valence-electron chi connectivity index (χ4n) is 3.09. The largest absolute Gasteiger partial charge is 0.489 e. The predicted octanol–water partition coefficient (Wildman–Crippen LogP) is 4.28. The standard InChI is InChI=1S/C18H20ClNO/c1-11-5-12(2)7-13(6-11)17-10-15(19)8-14-9-16(3-4-20)21-18(14)17/h5-8,10,16H,3-4,9,20H2,1-2H3. The Labute approximate surface area is 130 Å². The Balaban J connectivity index is 2.08. The number of hydrogen-bond acceptors (Lipinski definition) is 2. The Morgan fingerprint density at radius 1 is 1.14 bits per heavy atom. The molecule has 0 amide bonds. The van der Waals surface area contributed by atoms with Crippen molar-refractivity contribution in [2.45, 2.75) is 32.8 Å². The maximum Gasteiger partial charge on any atom is 0.130 e. The van der Waals surface area contributed by atoms with Crippen LogP contribution in [0.25, 0.3) is 11.1 Å². The zero-order valence-corrected chi connectivity index (χ0v) is 13.2. The van der Waals surface area contributed by atoms with Gasteiger partial charge in [0.15, 0.2) is 0 Å². The number of benzene rings is 2. The summed E-state index contributed by atoms with van der Waals surface area (Å²) in [7, 11) is 0. The van der Waals surface area contributed by atoms with Gasteiger partial charge >= 0.3 is 0 Å². The average molecular weight is 302 g/mol. The Morgan fingerprint density at radius 2 is 1.86 bits per heavy atom. The fraction of sp³-hybridized carbons (Fsp3) is 0.333. The molecule has 0 fully saturated rings. The lowest BCUT2D eigenvalue weighted by Gasteiger charge is -2.13. The van der Waals surface area contributed by atoms with E-state index in [1.165, 1.54) is 22.3 Å². The van der Waals surface area contributed by atoms with Crippen LogP contribution in [-0.2, 0) is 6.42 Å². The van der Waals surface area contributed by atoms with Crippen LogP contribution in [0, 0.1) is 13.8 Å². The van der Waals surface area contributed by atoms with E-state index >= 15 is 0 Å². The Morgan fingerprint density at radius 3 is 2.52 bits per heavy atom. The van der Waals surface area contributed by atoms with Crippen LogP contribution < -0.4 is 10.5 Å². The number of nitrogens with two attached hydrogens (primary N) is 1. The van der Waals surface area contributed by atoms with E-state index in [1.807, 2.05) is 12.1 Å².